The predicted molar refractivity (Wildman–Crippen MR) is 163 cm³/mol. The van der Waals surface area contributed by atoms with E-state index in [0.717, 1.165) is 10.9 Å². The van der Waals surface area contributed by atoms with E-state index in [1.165, 1.54) is 141 Å². The zero-order valence-electron chi connectivity index (χ0n) is 24.8. The van der Waals surface area contributed by atoms with Crippen molar-refractivity contribution in [1.29, 1.82) is 0 Å². The second-order valence-corrected chi connectivity index (χ2v) is 12.9. The van der Waals surface area contributed by atoms with Crippen molar-refractivity contribution in [3.63, 3.8) is 0 Å². The highest BCUT2D eigenvalue weighted by atomic mass is 35.5. The summed E-state index contributed by atoms with van der Waals surface area (Å²) in [5.74, 6) is 0.981. The van der Waals surface area contributed by atoms with Gasteiger partial charge in [-0.2, -0.15) is 0 Å². The van der Waals surface area contributed by atoms with Crippen molar-refractivity contribution < 1.29 is 0 Å². The molecule has 208 valence electrons. The van der Waals surface area contributed by atoms with E-state index in [4.69, 9.17) is 11.6 Å². The van der Waals surface area contributed by atoms with Crippen LogP contribution in [0.5, 0.6) is 0 Å². The topological polar surface area (TPSA) is 0 Å². The lowest BCUT2D eigenvalue weighted by Gasteiger charge is -2.46. The minimum Gasteiger partial charge on any atom is -0.0843 e. The summed E-state index contributed by atoms with van der Waals surface area (Å²) in [6.45, 7) is 9.42. The zero-order chi connectivity index (χ0) is 26.1. The molecule has 1 aromatic carbocycles. The summed E-state index contributed by atoms with van der Waals surface area (Å²) in [6.07, 6.45) is 30.9. The molecule has 1 saturated carbocycles. The predicted octanol–water partition coefficient (Wildman–Crippen LogP) is 12.9. The van der Waals surface area contributed by atoms with Crippen LogP contribution in [0.4, 0.5) is 0 Å². The second kappa shape index (κ2) is 17.9. The highest BCUT2D eigenvalue weighted by Crippen LogP contribution is 2.59. The van der Waals surface area contributed by atoms with Gasteiger partial charge in [0, 0.05) is 5.02 Å². The Hall–Kier alpha value is -0.490. The van der Waals surface area contributed by atoms with Crippen LogP contribution < -0.4 is 0 Å². The van der Waals surface area contributed by atoms with Gasteiger partial charge < -0.3 is 0 Å². The van der Waals surface area contributed by atoms with Gasteiger partial charge in [0.15, 0.2) is 0 Å². The van der Waals surface area contributed by atoms with Crippen molar-refractivity contribution in [2.75, 3.05) is 0 Å². The maximum absolute atomic E-state index is 6.42. The molecule has 1 heteroatoms. The molecule has 1 aromatic rings. The Labute approximate surface area is 231 Å². The maximum Gasteiger partial charge on any atom is 0.0406 e. The standard InChI is InChI=1S/C35H61Cl/c1-5-9-13-15-19-29-34(31-20-21-31,26-16-11-7-3)30-35(27-17-12-8-4,28-18-14-10-6-2)32-22-24-33(36)25-23-32/h22-25,31H,5-21,26-30H2,1-4H3. The SMILES string of the molecule is CCCCCCCC(CCCCC)(CC(CCCCC)(CCCCCC)c1ccc(Cl)cc1)C1CC1. The van der Waals surface area contributed by atoms with Gasteiger partial charge in [-0.15, -0.1) is 0 Å². The third kappa shape index (κ3) is 10.7. The normalized spacial score (nSPS) is 17.1. The van der Waals surface area contributed by atoms with E-state index in [-0.39, 0.29) is 0 Å². The van der Waals surface area contributed by atoms with Crippen LogP contribution in [0.3, 0.4) is 0 Å². The molecular weight excluding hydrogens is 456 g/mol. The number of benzene rings is 1. The van der Waals surface area contributed by atoms with Gasteiger partial charge in [0.2, 0.25) is 0 Å². The number of hydrogen-bond donors (Lipinski definition) is 0. The molecule has 2 rings (SSSR count). The summed E-state index contributed by atoms with van der Waals surface area (Å²) in [4.78, 5) is 0. The maximum atomic E-state index is 6.42. The first-order chi connectivity index (χ1) is 17.6. The van der Waals surface area contributed by atoms with Gasteiger partial charge >= 0.3 is 0 Å². The smallest absolute Gasteiger partial charge is 0.0406 e. The Morgan fingerprint density at radius 1 is 0.583 bits per heavy atom. The van der Waals surface area contributed by atoms with Crippen molar-refractivity contribution in [2.24, 2.45) is 11.3 Å². The number of halogens is 1. The molecule has 2 unspecified atom stereocenters. The van der Waals surface area contributed by atoms with E-state index in [1.54, 1.807) is 5.56 Å². The summed E-state index contributed by atoms with van der Waals surface area (Å²) in [6, 6.07) is 9.19. The van der Waals surface area contributed by atoms with Crippen LogP contribution in [-0.2, 0) is 5.41 Å². The van der Waals surface area contributed by atoms with Gasteiger partial charge in [-0.25, -0.2) is 0 Å². The lowest BCUT2D eigenvalue weighted by Crippen LogP contribution is -2.37. The quantitative estimate of drug-likeness (QED) is 0.127. The molecule has 36 heavy (non-hydrogen) atoms. The number of hydrogen-bond acceptors (Lipinski definition) is 0. The van der Waals surface area contributed by atoms with Crippen molar-refractivity contribution in [3.05, 3.63) is 34.9 Å². The first-order valence-electron chi connectivity index (χ1n) is 16.3. The molecule has 0 saturated heterocycles. The Morgan fingerprint density at radius 2 is 1.00 bits per heavy atom. The van der Waals surface area contributed by atoms with Gasteiger partial charge in [0.1, 0.15) is 0 Å². The van der Waals surface area contributed by atoms with Crippen molar-refractivity contribution in [1.82, 2.24) is 0 Å². The molecule has 2 atom stereocenters. The van der Waals surface area contributed by atoms with Gasteiger partial charge in [0.25, 0.3) is 0 Å². The van der Waals surface area contributed by atoms with Gasteiger partial charge in [0.05, 0.1) is 0 Å². The molecule has 1 fully saturated rings. The van der Waals surface area contributed by atoms with Gasteiger partial charge in [-0.3, -0.25) is 0 Å². The first-order valence-corrected chi connectivity index (χ1v) is 16.7. The molecule has 0 bridgehead atoms. The third-order valence-electron chi connectivity index (χ3n) is 9.41. The Kier molecular flexibility index (Phi) is 15.8. The van der Waals surface area contributed by atoms with E-state index in [2.05, 4.69) is 52.0 Å². The highest BCUT2D eigenvalue weighted by Gasteiger charge is 2.49. The number of unbranched alkanes of at least 4 members (excludes halogenated alkanes) is 11. The highest BCUT2D eigenvalue weighted by molar-refractivity contribution is 6.30. The Balaban J connectivity index is 2.40. The Bertz CT molecular complexity index is 660. The van der Waals surface area contributed by atoms with E-state index >= 15 is 0 Å². The lowest BCUT2D eigenvalue weighted by atomic mass is 9.59. The van der Waals surface area contributed by atoms with E-state index in [0.29, 0.717) is 10.8 Å². The summed E-state index contributed by atoms with van der Waals surface area (Å²) < 4.78 is 0. The van der Waals surface area contributed by atoms with Crippen LogP contribution in [0.25, 0.3) is 0 Å². The number of rotatable bonds is 23. The third-order valence-corrected chi connectivity index (χ3v) is 9.67. The average Bonchev–Trinajstić information content (AvgIpc) is 3.73. The van der Waals surface area contributed by atoms with Crippen LogP contribution in [0.15, 0.2) is 24.3 Å². The largest absolute Gasteiger partial charge is 0.0843 e. The van der Waals surface area contributed by atoms with Crippen molar-refractivity contribution >= 4 is 11.6 Å². The van der Waals surface area contributed by atoms with E-state index in [1.807, 2.05) is 0 Å². The summed E-state index contributed by atoms with van der Waals surface area (Å²) >= 11 is 6.42. The van der Waals surface area contributed by atoms with Crippen molar-refractivity contribution in [2.45, 2.75) is 174 Å². The molecule has 0 N–H and O–H groups in total. The monoisotopic (exact) mass is 516 g/mol. The average molecular weight is 517 g/mol. The minimum atomic E-state index is 0.325. The molecule has 0 aromatic heterocycles. The fourth-order valence-corrected chi connectivity index (χ4v) is 7.26. The molecular formula is C35H61Cl. The van der Waals surface area contributed by atoms with E-state index in [9.17, 15) is 0 Å². The molecule has 0 radical (unpaired) electrons. The van der Waals surface area contributed by atoms with Gasteiger partial charge in [-0.1, -0.05) is 148 Å². The molecule has 1 aliphatic carbocycles. The van der Waals surface area contributed by atoms with Crippen LogP contribution in [0, 0.1) is 11.3 Å². The fraction of sp³-hybridized carbons (Fsp3) is 0.829. The van der Waals surface area contributed by atoms with Gasteiger partial charge in [-0.05, 0) is 79.4 Å². The molecule has 1 aliphatic rings. The summed E-state index contributed by atoms with van der Waals surface area (Å²) in [7, 11) is 0. The molecule has 0 heterocycles. The lowest BCUT2D eigenvalue weighted by molar-refractivity contribution is 0.104. The second-order valence-electron chi connectivity index (χ2n) is 12.5. The van der Waals surface area contributed by atoms with Crippen LogP contribution >= 0.6 is 11.6 Å². The molecule has 0 nitrogen and oxygen atoms in total. The van der Waals surface area contributed by atoms with Crippen LogP contribution in [0.1, 0.15) is 175 Å². The van der Waals surface area contributed by atoms with E-state index < -0.39 is 0 Å². The summed E-state index contributed by atoms with van der Waals surface area (Å²) in [5, 5.41) is 0.888. The zero-order valence-corrected chi connectivity index (χ0v) is 25.6. The first kappa shape index (κ1) is 31.7. The minimum absolute atomic E-state index is 0.325. The summed E-state index contributed by atoms with van der Waals surface area (Å²) in [5.41, 5.74) is 2.48. The molecule has 0 aliphatic heterocycles. The van der Waals surface area contributed by atoms with Crippen LogP contribution in [0.2, 0.25) is 5.02 Å². The Morgan fingerprint density at radius 3 is 1.53 bits per heavy atom. The molecule has 0 amide bonds. The molecule has 0 spiro atoms. The van der Waals surface area contributed by atoms with Crippen molar-refractivity contribution in [3.8, 4) is 0 Å². The van der Waals surface area contributed by atoms with Crippen LogP contribution in [-0.4, -0.2) is 0 Å². The fourth-order valence-electron chi connectivity index (χ4n) is 7.13.